The Balaban J connectivity index is 1.69. The molecule has 0 saturated heterocycles. The van der Waals surface area contributed by atoms with Crippen LogP contribution in [0.2, 0.25) is 0 Å². The fraction of sp³-hybridized carbons (Fsp3) is 0.438. The number of hydrogen-bond donors (Lipinski definition) is 6. The van der Waals surface area contributed by atoms with E-state index < -0.39 is 42.6 Å². The molecule has 0 amide bonds. The second-order valence-corrected chi connectivity index (χ2v) is 5.97. The van der Waals surface area contributed by atoms with Gasteiger partial charge in [0.25, 0.3) is 0 Å². The maximum atomic E-state index is 12.1. The second kappa shape index (κ2) is 6.50. The molecule has 1 aliphatic rings. The Hall–Kier alpha value is -1.97. The van der Waals surface area contributed by atoms with Gasteiger partial charge >= 0.3 is 5.97 Å². The highest BCUT2D eigenvalue weighted by Gasteiger charge is 2.50. The van der Waals surface area contributed by atoms with Crippen molar-refractivity contribution in [2.75, 3.05) is 0 Å². The number of aliphatic hydroxyl groups excluding tert-OH is 5. The van der Waals surface area contributed by atoms with Gasteiger partial charge in [0.1, 0.15) is 30.5 Å². The number of benzene rings is 1. The van der Waals surface area contributed by atoms with Crippen molar-refractivity contribution in [1.82, 2.24) is 4.98 Å². The van der Waals surface area contributed by atoms with Gasteiger partial charge in [-0.3, -0.25) is 4.79 Å². The van der Waals surface area contributed by atoms with Gasteiger partial charge in [0.15, 0.2) is 6.10 Å². The molecule has 0 unspecified atom stereocenters. The number of aromatic nitrogens is 1. The maximum Gasteiger partial charge on any atom is 0.312 e. The molecular formula is C16H19NO7. The van der Waals surface area contributed by atoms with Crippen molar-refractivity contribution in [1.29, 1.82) is 0 Å². The zero-order valence-corrected chi connectivity index (χ0v) is 12.6. The summed E-state index contributed by atoms with van der Waals surface area (Å²) in [5, 5.41) is 49.4. The molecule has 1 aromatic carbocycles. The van der Waals surface area contributed by atoms with Crippen LogP contribution < -0.4 is 0 Å². The third-order valence-electron chi connectivity index (χ3n) is 4.26. The van der Waals surface area contributed by atoms with Gasteiger partial charge in [-0.2, -0.15) is 0 Å². The fourth-order valence-electron chi connectivity index (χ4n) is 2.91. The molecule has 8 nitrogen and oxygen atoms in total. The van der Waals surface area contributed by atoms with Crippen LogP contribution in [-0.2, 0) is 16.0 Å². The topological polar surface area (TPSA) is 143 Å². The van der Waals surface area contributed by atoms with E-state index in [2.05, 4.69) is 4.98 Å². The van der Waals surface area contributed by atoms with Crippen LogP contribution in [0.25, 0.3) is 10.9 Å². The van der Waals surface area contributed by atoms with Crippen LogP contribution in [-0.4, -0.2) is 73.1 Å². The van der Waals surface area contributed by atoms with Crippen molar-refractivity contribution >= 4 is 16.9 Å². The molecule has 0 aliphatic heterocycles. The summed E-state index contributed by atoms with van der Waals surface area (Å²) < 4.78 is 5.01. The average Bonchev–Trinajstić information content (AvgIpc) is 2.97. The first-order valence-corrected chi connectivity index (χ1v) is 7.55. The minimum atomic E-state index is -1.73. The first kappa shape index (κ1) is 16.9. The van der Waals surface area contributed by atoms with Gasteiger partial charge < -0.3 is 35.3 Å². The Bertz CT molecular complexity index is 681. The van der Waals surface area contributed by atoms with Crippen molar-refractivity contribution in [3.8, 4) is 0 Å². The minimum absolute atomic E-state index is 0.140. The number of carbonyl (C=O) groups excluding carboxylic acids is 1. The number of para-hydroxylation sites is 1. The highest BCUT2D eigenvalue weighted by molar-refractivity contribution is 5.82. The molecule has 130 valence electrons. The zero-order chi connectivity index (χ0) is 17.4. The Morgan fingerprint density at radius 2 is 1.54 bits per heavy atom. The highest BCUT2D eigenvalue weighted by Crippen LogP contribution is 2.24. The molecule has 1 heterocycles. The second-order valence-electron chi connectivity index (χ2n) is 5.97. The van der Waals surface area contributed by atoms with Gasteiger partial charge in [0.05, 0.1) is 6.42 Å². The monoisotopic (exact) mass is 337 g/mol. The number of carbonyl (C=O) groups is 1. The standard InChI is InChI=1S/C16H19NO7/c18-10(6-8-5-7-3-1-2-4-9(7)17-8)24-16-14(22)12(20)11(19)13(21)15(16)23/h1-5,11-17,19-23H,6H2/t11-,12-,13+,14-,15-,16-/m0/s1. The Kier molecular flexibility index (Phi) is 4.57. The van der Waals surface area contributed by atoms with Crippen molar-refractivity contribution in [2.24, 2.45) is 0 Å². The zero-order valence-electron chi connectivity index (χ0n) is 12.6. The number of rotatable bonds is 3. The molecule has 3 rings (SSSR count). The van der Waals surface area contributed by atoms with E-state index in [1.165, 1.54) is 0 Å². The number of ether oxygens (including phenoxy) is 1. The van der Waals surface area contributed by atoms with Crippen LogP contribution in [0.5, 0.6) is 0 Å². The van der Waals surface area contributed by atoms with Crippen molar-refractivity contribution in [3.63, 3.8) is 0 Å². The predicted molar refractivity (Wildman–Crippen MR) is 81.9 cm³/mol. The first-order valence-electron chi connectivity index (χ1n) is 7.55. The summed E-state index contributed by atoms with van der Waals surface area (Å²) in [7, 11) is 0. The average molecular weight is 337 g/mol. The van der Waals surface area contributed by atoms with E-state index in [1.54, 1.807) is 6.07 Å². The highest BCUT2D eigenvalue weighted by atomic mass is 16.6. The van der Waals surface area contributed by atoms with E-state index >= 15 is 0 Å². The number of fused-ring (bicyclic) bond motifs is 1. The van der Waals surface area contributed by atoms with Crippen molar-refractivity contribution in [3.05, 3.63) is 36.0 Å². The third kappa shape index (κ3) is 3.02. The quantitative estimate of drug-likeness (QED) is 0.372. The summed E-state index contributed by atoms with van der Waals surface area (Å²) in [6.45, 7) is 0. The van der Waals surface area contributed by atoms with Gasteiger partial charge in [0.2, 0.25) is 0 Å². The Labute approximate surface area is 136 Å². The molecule has 24 heavy (non-hydrogen) atoms. The number of hydrogen-bond acceptors (Lipinski definition) is 7. The molecular weight excluding hydrogens is 318 g/mol. The molecule has 8 heteroatoms. The lowest BCUT2D eigenvalue weighted by molar-refractivity contribution is -0.233. The van der Waals surface area contributed by atoms with E-state index in [1.807, 2.05) is 24.3 Å². The molecule has 6 N–H and O–H groups in total. The number of esters is 1. The van der Waals surface area contributed by atoms with E-state index in [-0.39, 0.29) is 6.42 Å². The van der Waals surface area contributed by atoms with Gasteiger partial charge in [-0.15, -0.1) is 0 Å². The predicted octanol–water partition coefficient (Wildman–Crippen LogP) is -1.56. The summed E-state index contributed by atoms with van der Waals surface area (Å²) in [5.41, 5.74) is 1.44. The van der Waals surface area contributed by atoms with Gasteiger partial charge in [-0.1, -0.05) is 18.2 Å². The molecule has 1 saturated carbocycles. The molecule has 6 atom stereocenters. The van der Waals surface area contributed by atoms with Gasteiger partial charge in [-0.05, 0) is 17.5 Å². The summed E-state index contributed by atoms with van der Waals surface area (Å²) in [6, 6.07) is 9.22. The summed E-state index contributed by atoms with van der Waals surface area (Å²) >= 11 is 0. The smallest absolute Gasteiger partial charge is 0.312 e. The van der Waals surface area contributed by atoms with Crippen molar-refractivity contribution in [2.45, 2.75) is 43.0 Å². The largest absolute Gasteiger partial charge is 0.456 e. The van der Waals surface area contributed by atoms with Crippen LogP contribution in [0.1, 0.15) is 5.69 Å². The minimum Gasteiger partial charge on any atom is -0.456 e. The SMILES string of the molecule is O=C(Cc1cc2ccccc2[nH]1)O[C@@H]1[C@@H](O)[C@H](O)[C@@H](O)[C@H](O)[C@@H]1O. The van der Waals surface area contributed by atoms with Crippen LogP contribution in [0.15, 0.2) is 30.3 Å². The molecule has 1 fully saturated rings. The summed E-state index contributed by atoms with van der Waals surface area (Å²) in [6.07, 6.45) is -10.3. The van der Waals surface area contributed by atoms with Gasteiger partial charge in [-0.25, -0.2) is 0 Å². The van der Waals surface area contributed by atoms with E-state index in [4.69, 9.17) is 4.74 Å². The number of aliphatic hydroxyl groups is 5. The third-order valence-corrected chi connectivity index (χ3v) is 4.26. The van der Waals surface area contributed by atoms with Gasteiger partial charge in [0, 0.05) is 11.2 Å². The lowest BCUT2D eigenvalue weighted by Crippen LogP contribution is -2.64. The maximum absolute atomic E-state index is 12.1. The molecule has 1 aliphatic carbocycles. The lowest BCUT2D eigenvalue weighted by atomic mass is 9.85. The summed E-state index contributed by atoms with van der Waals surface area (Å²) in [4.78, 5) is 15.1. The molecule has 0 radical (unpaired) electrons. The first-order chi connectivity index (χ1) is 11.4. The molecule has 1 aromatic heterocycles. The number of nitrogens with one attached hydrogen (secondary N) is 1. The van der Waals surface area contributed by atoms with Crippen LogP contribution in [0.4, 0.5) is 0 Å². The van der Waals surface area contributed by atoms with Crippen LogP contribution in [0, 0.1) is 0 Å². The number of H-pyrrole nitrogens is 1. The van der Waals surface area contributed by atoms with Crippen LogP contribution >= 0.6 is 0 Å². The number of aromatic amines is 1. The van der Waals surface area contributed by atoms with E-state index in [0.717, 1.165) is 10.9 Å². The van der Waals surface area contributed by atoms with Crippen LogP contribution in [0.3, 0.4) is 0 Å². The Morgan fingerprint density at radius 3 is 2.17 bits per heavy atom. The lowest BCUT2D eigenvalue weighted by Gasteiger charge is -2.41. The molecule has 0 bridgehead atoms. The van der Waals surface area contributed by atoms with Crippen molar-refractivity contribution < 1.29 is 35.1 Å². The fourth-order valence-corrected chi connectivity index (χ4v) is 2.91. The normalized spacial score (nSPS) is 33.5. The Morgan fingerprint density at radius 1 is 0.958 bits per heavy atom. The van der Waals surface area contributed by atoms with E-state index in [9.17, 15) is 30.3 Å². The van der Waals surface area contributed by atoms with E-state index in [0.29, 0.717) is 5.69 Å². The molecule has 2 aromatic rings. The molecule has 0 spiro atoms. The summed E-state index contributed by atoms with van der Waals surface area (Å²) in [5.74, 6) is -0.750.